The molecule has 2 N–H and O–H groups in total. The normalized spacial score (nSPS) is 17.6. The van der Waals surface area contributed by atoms with Crippen molar-refractivity contribution in [1.29, 1.82) is 0 Å². The van der Waals surface area contributed by atoms with E-state index in [1.165, 1.54) is 11.0 Å². The summed E-state index contributed by atoms with van der Waals surface area (Å²) in [6, 6.07) is 8.97. The first-order valence-electron chi connectivity index (χ1n) is 10.7. The number of methoxy groups -OCH3 is 1. The smallest absolute Gasteiger partial charge is 0.295 e. The summed E-state index contributed by atoms with van der Waals surface area (Å²) in [5, 5.41) is 21.4. The number of nitrogens with zero attached hydrogens (tertiary/aromatic N) is 2. The number of phenolic OH excluding ortho intramolecular Hbond substituents is 1. The molecular formula is C25H30N2O6. The van der Waals surface area contributed by atoms with E-state index in [0.29, 0.717) is 35.6 Å². The first-order chi connectivity index (χ1) is 15.7. The van der Waals surface area contributed by atoms with Crippen LogP contribution in [0, 0.1) is 6.92 Å². The van der Waals surface area contributed by atoms with Gasteiger partial charge >= 0.3 is 0 Å². The summed E-state index contributed by atoms with van der Waals surface area (Å²) in [5.41, 5.74) is 1.70. The van der Waals surface area contributed by atoms with Crippen molar-refractivity contribution in [2.75, 3.05) is 40.9 Å². The lowest BCUT2D eigenvalue weighted by Gasteiger charge is -2.27. The zero-order valence-electron chi connectivity index (χ0n) is 19.6. The Morgan fingerprint density at radius 2 is 1.88 bits per heavy atom. The number of phenols is 1. The minimum Gasteiger partial charge on any atom is -0.507 e. The van der Waals surface area contributed by atoms with Gasteiger partial charge in [-0.05, 0) is 69.4 Å². The van der Waals surface area contributed by atoms with Crippen molar-refractivity contribution in [2.24, 2.45) is 0 Å². The average molecular weight is 455 g/mol. The Morgan fingerprint density at radius 1 is 1.15 bits per heavy atom. The Bertz CT molecular complexity index is 1090. The molecule has 1 atom stereocenters. The number of aromatic hydroxyl groups is 1. The van der Waals surface area contributed by atoms with Gasteiger partial charge in [-0.1, -0.05) is 6.07 Å². The molecule has 0 aliphatic carbocycles. The Balaban J connectivity index is 2.20. The molecule has 1 saturated heterocycles. The summed E-state index contributed by atoms with van der Waals surface area (Å²) in [6.45, 7) is 4.74. The van der Waals surface area contributed by atoms with Gasteiger partial charge < -0.3 is 29.5 Å². The SMILES string of the molecule is CCOc1cc([C@H]2C(=C(O)c3ccc(OC)cc3C)C(=O)C(=O)N2CCN(C)C)ccc1O. The van der Waals surface area contributed by atoms with Crippen LogP contribution in [-0.2, 0) is 9.59 Å². The van der Waals surface area contributed by atoms with E-state index in [2.05, 4.69) is 0 Å². The third-order valence-electron chi connectivity index (χ3n) is 5.62. The highest BCUT2D eigenvalue weighted by molar-refractivity contribution is 6.46. The molecule has 1 heterocycles. The Hall–Kier alpha value is -3.52. The third-order valence-corrected chi connectivity index (χ3v) is 5.62. The molecule has 176 valence electrons. The largest absolute Gasteiger partial charge is 0.507 e. The third kappa shape index (κ3) is 4.80. The number of aliphatic hydroxyl groups is 1. The zero-order valence-corrected chi connectivity index (χ0v) is 19.6. The maximum absolute atomic E-state index is 13.1. The zero-order chi connectivity index (χ0) is 24.3. The summed E-state index contributed by atoms with van der Waals surface area (Å²) in [5.74, 6) is -0.868. The number of aliphatic hydroxyl groups excluding tert-OH is 1. The number of carbonyl (C=O) groups is 2. The van der Waals surface area contributed by atoms with Gasteiger partial charge in [-0.2, -0.15) is 0 Å². The molecule has 8 nitrogen and oxygen atoms in total. The van der Waals surface area contributed by atoms with E-state index >= 15 is 0 Å². The predicted molar refractivity (Wildman–Crippen MR) is 125 cm³/mol. The molecule has 2 aromatic rings. The van der Waals surface area contributed by atoms with Gasteiger partial charge in [0.05, 0.1) is 25.3 Å². The van der Waals surface area contributed by atoms with Gasteiger partial charge in [0, 0.05) is 18.7 Å². The molecule has 1 aliphatic rings. The van der Waals surface area contributed by atoms with Crippen LogP contribution >= 0.6 is 0 Å². The van der Waals surface area contributed by atoms with Crippen LogP contribution in [0.4, 0.5) is 0 Å². The summed E-state index contributed by atoms with van der Waals surface area (Å²) in [4.78, 5) is 29.5. The van der Waals surface area contributed by atoms with E-state index in [0.717, 1.165) is 0 Å². The van der Waals surface area contributed by atoms with Gasteiger partial charge in [-0.25, -0.2) is 0 Å². The molecule has 1 aliphatic heterocycles. The molecule has 0 spiro atoms. The maximum Gasteiger partial charge on any atom is 0.295 e. The number of rotatable bonds is 8. The molecule has 1 amide bonds. The standard InChI is InChI=1S/C25H30N2O6/c1-6-33-20-14-16(7-10-19(20)28)22-21(24(30)25(31)27(22)12-11-26(3)4)23(29)18-9-8-17(32-5)13-15(18)2/h7-10,13-14,22,28-29H,6,11-12H2,1-5H3/t22-/m0/s1. The van der Waals surface area contributed by atoms with E-state index in [1.54, 1.807) is 51.3 Å². The fourth-order valence-electron chi connectivity index (χ4n) is 3.91. The average Bonchev–Trinajstić information content (AvgIpc) is 3.03. The number of likely N-dealkylation sites (tertiary alicyclic amines) is 1. The molecule has 0 bridgehead atoms. The van der Waals surface area contributed by atoms with E-state index < -0.39 is 17.7 Å². The monoisotopic (exact) mass is 454 g/mol. The quantitative estimate of drug-likeness (QED) is 0.359. The lowest BCUT2D eigenvalue weighted by Crippen LogP contribution is -2.35. The van der Waals surface area contributed by atoms with Crippen LogP contribution in [0.3, 0.4) is 0 Å². The number of ketones is 1. The van der Waals surface area contributed by atoms with Gasteiger partial charge in [0.15, 0.2) is 11.5 Å². The van der Waals surface area contributed by atoms with Crippen LogP contribution in [-0.4, -0.2) is 72.6 Å². The molecule has 0 radical (unpaired) electrons. The number of hydrogen-bond acceptors (Lipinski definition) is 7. The fraction of sp³-hybridized carbons (Fsp3) is 0.360. The number of carbonyl (C=O) groups excluding carboxylic acids is 2. The van der Waals surface area contributed by atoms with Crippen molar-refractivity contribution >= 4 is 17.4 Å². The number of hydrogen-bond donors (Lipinski definition) is 2. The first-order valence-corrected chi connectivity index (χ1v) is 10.7. The van der Waals surface area contributed by atoms with Crippen LogP contribution in [0.15, 0.2) is 42.0 Å². The van der Waals surface area contributed by atoms with E-state index in [4.69, 9.17) is 9.47 Å². The van der Waals surface area contributed by atoms with Crippen LogP contribution in [0.5, 0.6) is 17.2 Å². The second-order valence-corrected chi connectivity index (χ2v) is 8.14. The minimum atomic E-state index is -0.828. The lowest BCUT2D eigenvalue weighted by molar-refractivity contribution is -0.140. The van der Waals surface area contributed by atoms with Crippen molar-refractivity contribution in [2.45, 2.75) is 19.9 Å². The van der Waals surface area contributed by atoms with E-state index in [-0.39, 0.29) is 29.4 Å². The highest BCUT2D eigenvalue weighted by Gasteiger charge is 2.46. The molecule has 8 heteroatoms. The summed E-state index contributed by atoms with van der Waals surface area (Å²) in [7, 11) is 5.30. The Kier molecular flexibility index (Phi) is 7.28. The second-order valence-electron chi connectivity index (χ2n) is 8.14. The lowest BCUT2D eigenvalue weighted by atomic mass is 9.93. The van der Waals surface area contributed by atoms with Crippen molar-refractivity contribution in [3.8, 4) is 17.2 Å². The van der Waals surface area contributed by atoms with Gasteiger partial charge in [0.2, 0.25) is 0 Å². The van der Waals surface area contributed by atoms with Crippen LogP contribution < -0.4 is 9.47 Å². The highest BCUT2D eigenvalue weighted by atomic mass is 16.5. The molecule has 0 saturated carbocycles. The van der Waals surface area contributed by atoms with Gasteiger partial charge in [0.1, 0.15) is 11.5 Å². The summed E-state index contributed by atoms with van der Waals surface area (Å²) >= 11 is 0. The molecular weight excluding hydrogens is 424 g/mol. The van der Waals surface area contributed by atoms with Crippen molar-refractivity contribution in [3.05, 3.63) is 58.7 Å². The highest BCUT2D eigenvalue weighted by Crippen LogP contribution is 2.42. The molecule has 3 rings (SSSR count). The Morgan fingerprint density at radius 3 is 2.48 bits per heavy atom. The first kappa shape index (κ1) is 24.1. The minimum absolute atomic E-state index is 0.000149. The predicted octanol–water partition coefficient (Wildman–Crippen LogP) is 3.09. The van der Waals surface area contributed by atoms with Crippen LogP contribution in [0.1, 0.15) is 29.7 Å². The van der Waals surface area contributed by atoms with Gasteiger partial charge in [-0.15, -0.1) is 0 Å². The van der Waals surface area contributed by atoms with E-state index in [1.807, 2.05) is 19.0 Å². The number of ether oxygens (including phenoxy) is 2. The molecule has 33 heavy (non-hydrogen) atoms. The van der Waals surface area contributed by atoms with Gasteiger partial charge in [-0.3, -0.25) is 9.59 Å². The number of benzene rings is 2. The van der Waals surface area contributed by atoms with Crippen LogP contribution in [0.25, 0.3) is 5.76 Å². The molecule has 2 aromatic carbocycles. The number of amides is 1. The number of likely N-dealkylation sites (N-methyl/N-ethyl adjacent to an activating group) is 1. The number of Topliss-reactive ketones (excluding diaryl/α,β-unsaturated/α-hetero) is 1. The summed E-state index contributed by atoms with van der Waals surface area (Å²) in [6.07, 6.45) is 0. The molecule has 1 fully saturated rings. The van der Waals surface area contributed by atoms with Gasteiger partial charge in [0.25, 0.3) is 11.7 Å². The topological polar surface area (TPSA) is 99.5 Å². The van der Waals surface area contributed by atoms with Crippen molar-refractivity contribution in [3.63, 3.8) is 0 Å². The molecule has 0 aromatic heterocycles. The fourth-order valence-corrected chi connectivity index (χ4v) is 3.91. The molecule has 0 unspecified atom stereocenters. The summed E-state index contributed by atoms with van der Waals surface area (Å²) < 4.78 is 10.7. The van der Waals surface area contributed by atoms with Crippen molar-refractivity contribution in [1.82, 2.24) is 9.80 Å². The second kappa shape index (κ2) is 9.95. The Labute approximate surface area is 193 Å². The van der Waals surface area contributed by atoms with Crippen LogP contribution in [0.2, 0.25) is 0 Å². The van der Waals surface area contributed by atoms with Crippen molar-refractivity contribution < 1.29 is 29.3 Å². The maximum atomic E-state index is 13.1. The van der Waals surface area contributed by atoms with E-state index in [9.17, 15) is 19.8 Å². The number of aryl methyl sites for hydroxylation is 1.